The molecule has 0 saturated heterocycles. The molecule has 0 aliphatic carbocycles. The van der Waals surface area contributed by atoms with E-state index in [0.717, 1.165) is 6.42 Å². The molecular weight excluding hydrogens is 222 g/mol. The number of carbonyl (C=O) groups is 2. The number of Topliss-reactive ketones (excluding diaryl/α,β-unsaturated/α-hetero) is 1. The van der Waals surface area contributed by atoms with Crippen molar-refractivity contribution in [3.8, 4) is 0 Å². The average molecular weight is 239 g/mol. The summed E-state index contributed by atoms with van der Waals surface area (Å²) < 4.78 is 0. The molecule has 0 aromatic heterocycles. The van der Waals surface area contributed by atoms with Crippen LogP contribution >= 0.6 is 0 Å². The number of ketones is 1. The standard InChI is InChI=1S/C10H15NO3.Ca.2H/c1-4-5(2)8-9(13)7(6(3)12)10(14)11-8;;;/h5,8,13H,4H2,1-3H3,(H,11,14);;;/q;+2;2*-1. The van der Waals surface area contributed by atoms with Gasteiger partial charge in [0.1, 0.15) is 11.3 Å². The zero-order valence-electron chi connectivity index (χ0n) is 11.3. The number of hydrogen-bond acceptors (Lipinski definition) is 3. The van der Waals surface area contributed by atoms with E-state index in [2.05, 4.69) is 5.32 Å². The van der Waals surface area contributed by atoms with Crippen molar-refractivity contribution < 1.29 is 17.5 Å². The van der Waals surface area contributed by atoms with Crippen LogP contribution in [-0.4, -0.2) is 60.6 Å². The van der Waals surface area contributed by atoms with E-state index in [-0.39, 0.29) is 63.6 Å². The molecule has 0 aromatic rings. The molecule has 0 bridgehead atoms. The van der Waals surface area contributed by atoms with Gasteiger partial charge in [-0.25, -0.2) is 0 Å². The summed E-state index contributed by atoms with van der Waals surface area (Å²) in [6.07, 6.45) is 0.834. The molecule has 0 radical (unpaired) electrons. The topological polar surface area (TPSA) is 66.4 Å². The molecule has 0 aromatic carbocycles. The Bertz CT molecular complexity index is 321. The number of rotatable bonds is 3. The Balaban J connectivity index is -0.000000653. The molecule has 0 saturated carbocycles. The van der Waals surface area contributed by atoms with Gasteiger partial charge in [-0.05, 0) is 12.8 Å². The summed E-state index contributed by atoms with van der Waals surface area (Å²) in [7, 11) is 0. The molecule has 82 valence electrons. The molecule has 2 N–H and O–H groups in total. The van der Waals surface area contributed by atoms with Crippen molar-refractivity contribution in [1.82, 2.24) is 5.32 Å². The average Bonchev–Trinajstić information content (AvgIpc) is 2.40. The molecule has 1 heterocycles. The third-order valence-electron chi connectivity index (χ3n) is 2.63. The Morgan fingerprint density at radius 2 is 2.20 bits per heavy atom. The Labute approximate surface area is 122 Å². The van der Waals surface area contributed by atoms with Crippen molar-refractivity contribution in [3.05, 3.63) is 11.3 Å². The minimum atomic E-state index is -0.458. The largest absolute Gasteiger partial charge is 2.00 e. The third kappa shape index (κ3) is 2.95. The van der Waals surface area contributed by atoms with Gasteiger partial charge in [-0.1, -0.05) is 20.3 Å². The van der Waals surface area contributed by atoms with Crippen LogP contribution in [0.1, 0.15) is 30.0 Å². The quantitative estimate of drug-likeness (QED) is 0.565. The van der Waals surface area contributed by atoms with Gasteiger partial charge in [0.05, 0.1) is 6.04 Å². The van der Waals surface area contributed by atoms with Crippen LogP contribution in [0.25, 0.3) is 0 Å². The Morgan fingerprint density at radius 3 is 2.53 bits per heavy atom. The maximum absolute atomic E-state index is 11.3. The maximum Gasteiger partial charge on any atom is 2.00 e. The van der Waals surface area contributed by atoms with Crippen molar-refractivity contribution >= 4 is 49.4 Å². The fraction of sp³-hybridized carbons (Fsp3) is 0.600. The summed E-state index contributed by atoms with van der Waals surface area (Å²) in [6.45, 7) is 5.17. The first kappa shape index (κ1) is 14.9. The first-order chi connectivity index (χ1) is 6.49. The van der Waals surface area contributed by atoms with Gasteiger partial charge in [-0.15, -0.1) is 0 Å². The van der Waals surface area contributed by atoms with E-state index in [1.807, 2.05) is 13.8 Å². The third-order valence-corrected chi connectivity index (χ3v) is 2.63. The molecule has 1 rings (SSSR count). The summed E-state index contributed by atoms with van der Waals surface area (Å²) >= 11 is 0. The molecule has 1 aliphatic rings. The van der Waals surface area contributed by atoms with Crippen LogP contribution in [-0.2, 0) is 9.59 Å². The van der Waals surface area contributed by atoms with Gasteiger partial charge in [0.25, 0.3) is 5.91 Å². The maximum atomic E-state index is 11.3. The summed E-state index contributed by atoms with van der Waals surface area (Å²) in [4.78, 5) is 22.4. The van der Waals surface area contributed by atoms with Crippen LogP contribution in [0.15, 0.2) is 11.3 Å². The van der Waals surface area contributed by atoms with Gasteiger partial charge in [-0.2, -0.15) is 0 Å². The van der Waals surface area contributed by atoms with Gasteiger partial charge < -0.3 is 13.3 Å². The van der Waals surface area contributed by atoms with Crippen molar-refractivity contribution in [2.24, 2.45) is 5.92 Å². The SMILES string of the molecule is CCC(C)C1NC(=O)C(C(C)=O)=C1O.[Ca+2].[H-].[H-]. The van der Waals surface area contributed by atoms with Gasteiger partial charge in [0.15, 0.2) is 5.78 Å². The zero-order chi connectivity index (χ0) is 10.9. The fourth-order valence-corrected chi connectivity index (χ4v) is 1.54. The minimum Gasteiger partial charge on any atom is -1.00 e. The summed E-state index contributed by atoms with van der Waals surface area (Å²) in [5, 5.41) is 12.3. The second-order valence-corrected chi connectivity index (χ2v) is 3.65. The molecule has 0 fully saturated rings. The van der Waals surface area contributed by atoms with E-state index in [1.165, 1.54) is 6.92 Å². The summed E-state index contributed by atoms with van der Waals surface area (Å²) in [6, 6.07) is -0.397. The number of hydrogen-bond donors (Lipinski definition) is 2. The van der Waals surface area contributed by atoms with E-state index in [4.69, 9.17) is 0 Å². The number of carbonyl (C=O) groups excluding carboxylic acids is 2. The first-order valence-electron chi connectivity index (χ1n) is 4.74. The number of nitrogens with one attached hydrogen (secondary N) is 1. The van der Waals surface area contributed by atoms with Crippen LogP contribution in [0.3, 0.4) is 0 Å². The normalized spacial score (nSPS) is 22.1. The molecule has 0 spiro atoms. The second kappa shape index (κ2) is 5.87. The molecule has 1 amide bonds. The predicted molar refractivity (Wildman–Crippen MR) is 59.7 cm³/mol. The van der Waals surface area contributed by atoms with Crippen molar-refractivity contribution in [2.45, 2.75) is 33.2 Å². The molecule has 1 aliphatic heterocycles. The van der Waals surface area contributed by atoms with Crippen LogP contribution in [0.4, 0.5) is 0 Å². The fourth-order valence-electron chi connectivity index (χ4n) is 1.54. The molecule has 5 heteroatoms. The zero-order valence-corrected chi connectivity index (χ0v) is 11.5. The van der Waals surface area contributed by atoms with E-state index in [9.17, 15) is 14.7 Å². The first-order valence-corrected chi connectivity index (χ1v) is 4.74. The predicted octanol–water partition coefficient (Wildman–Crippen LogP) is 0.776. The monoisotopic (exact) mass is 239 g/mol. The number of aliphatic hydroxyl groups excluding tert-OH is 1. The van der Waals surface area contributed by atoms with Crippen LogP contribution in [0.2, 0.25) is 0 Å². The molecule has 15 heavy (non-hydrogen) atoms. The minimum absolute atomic E-state index is 0. The number of aliphatic hydroxyl groups is 1. The molecule has 2 atom stereocenters. The van der Waals surface area contributed by atoms with E-state index in [1.54, 1.807) is 0 Å². The van der Waals surface area contributed by atoms with Crippen molar-refractivity contribution in [3.63, 3.8) is 0 Å². The van der Waals surface area contributed by atoms with E-state index < -0.39 is 11.9 Å². The van der Waals surface area contributed by atoms with Crippen LogP contribution in [0.5, 0.6) is 0 Å². The molecule has 2 unspecified atom stereocenters. The molecule has 4 nitrogen and oxygen atoms in total. The van der Waals surface area contributed by atoms with Gasteiger partial charge in [0.2, 0.25) is 0 Å². The molecular formula is C10H17CaNO3. The Hall–Kier alpha value is -0.0603. The van der Waals surface area contributed by atoms with Crippen molar-refractivity contribution in [2.75, 3.05) is 0 Å². The van der Waals surface area contributed by atoms with Gasteiger partial charge >= 0.3 is 37.7 Å². The van der Waals surface area contributed by atoms with Gasteiger partial charge in [0, 0.05) is 0 Å². The van der Waals surface area contributed by atoms with E-state index in [0.29, 0.717) is 0 Å². The second-order valence-electron chi connectivity index (χ2n) is 3.65. The summed E-state index contributed by atoms with van der Waals surface area (Å²) in [5.74, 6) is -0.807. The van der Waals surface area contributed by atoms with Crippen LogP contribution < -0.4 is 5.32 Å². The van der Waals surface area contributed by atoms with E-state index >= 15 is 0 Å². The van der Waals surface area contributed by atoms with Crippen LogP contribution in [0, 0.1) is 5.92 Å². The van der Waals surface area contributed by atoms with Crippen molar-refractivity contribution in [1.29, 1.82) is 0 Å². The summed E-state index contributed by atoms with van der Waals surface area (Å²) in [5.41, 5.74) is -0.0877. The Kier molecular flexibility index (Phi) is 5.85. The van der Waals surface area contributed by atoms with Gasteiger partial charge in [-0.3, -0.25) is 9.59 Å². The Morgan fingerprint density at radius 1 is 1.67 bits per heavy atom. The smallest absolute Gasteiger partial charge is 1.00 e. The number of amides is 1.